The minimum absolute atomic E-state index is 0.0954. The van der Waals surface area contributed by atoms with E-state index in [1.807, 2.05) is 0 Å². The first kappa shape index (κ1) is 26.7. The molecule has 4 aliphatic rings. The van der Waals surface area contributed by atoms with E-state index < -0.39 is 36.8 Å². The zero-order valence-electron chi connectivity index (χ0n) is 21.1. The molecule has 3 saturated heterocycles. The van der Waals surface area contributed by atoms with E-state index in [1.54, 1.807) is 18.2 Å². The minimum atomic E-state index is -1.30. The number of hydrogen-bond donors (Lipinski definition) is 5. The molecule has 0 spiro atoms. The summed E-state index contributed by atoms with van der Waals surface area (Å²) < 4.78 is 26.8. The van der Waals surface area contributed by atoms with Gasteiger partial charge in [-0.05, 0) is 42.5 Å². The van der Waals surface area contributed by atoms with E-state index in [0.717, 1.165) is 38.5 Å². The maximum atomic E-state index is 14.6. The molecule has 0 amide bonds. The molecule has 0 saturated carbocycles. The second-order valence-corrected chi connectivity index (χ2v) is 11.2. The third-order valence-corrected chi connectivity index (χ3v) is 8.87. The van der Waals surface area contributed by atoms with Crippen molar-refractivity contribution in [2.75, 3.05) is 13.2 Å². The molecule has 4 unspecified atom stereocenters. The van der Waals surface area contributed by atoms with Crippen molar-refractivity contribution < 1.29 is 24.1 Å². The van der Waals surface area contributed by atoms with Crippen molar-refractivity contribution in [3.63, 3.8) is 0 Å². The van der Waals surface area contributed by atoms with Gasteiger partial charge in [-0.15, -0.1) is 0 Å². The van der Waals surface area contributed by atoms with Crippen LogP contribution in [0.2, 0.25) is 5.02 Å². The molecule has 0 aromatic heterocycles. The molecular weight excluding hydrogens is 487 g/mol. The average Bonchev–Trinajstić information content (AvgIpc) is 3.41. The summed E-state index contributed by atoms with van der Waals surface area (Å²) in [6, 6.07) is 4.99. The highest BCUT2D eigenvalue weighted by Crippen LogP contribution is 2.44. The molecule has 36 heavy (non-hydrogen) atoms. The highest BCUT2D eigenvalue weighted by atomic mass is 35.5. The quantitative estimate of drug-likeness (QED) is 0.345. The highest BCUT2D eigenvalue weighted by Gasteiger charge is 2.56. The Hall–Kier alpha value is -0.880. The first-order chi connectivity index (χ1) is 17.3. The molecule has 4 aliphatic heterocycles. The van der Waals surface area contributed by atoms with Gasteiger partial charge in [0.15, 0.2) is 0 Å². The van der Waals surface area contributed by atoms with Crippen molar-refractivity contribution in [2.45, 2.75) is 107 Å². The first-order valence-electron chi connectivity index (χ1n) is 13.4. The van der Waals surface area contributed by atoms with E-state index in [2.05, 4.69) is 29.4 Å². The van der Waals surface area contributed by atoms with Gasteiger partial charge >= 0.3 is 0 Å². The molecule has 4 heterocycles. The van der Waals surface area contributed by atoms with Crippen LogP contribution in [0.5, 0.6) is 0 Å². The fraction of sp³-hybridized carbons (Fsp3) is 0.769. The minimum Gasteiger partial charge on any atom is -0.387 e. The maximum Gasteiger partial charge on any atom is 0.149 e. The molecule has 10 heteroatoms. The fourth-order valence-corrected chi connectivity index (χ4v) is 6.75. The van der Waals surface area contributed by atoms with Crippen LogP contribution in [-0.4, -0.2) is 70.8 Å². The normalized spacial score (nSPS) is 42.9. The first-order valence-corrected chi connectivity index (χ1v) is 13.8. The lowest BCUT2D eigenvalue weighted by Gasteiger charge is -2.50. The van der Waals surface area contributed by atoms with Gasteiger partial charge in [0.05, 0.1) is 24.6 Å². The number of hydrogen-bond acceptors (Lipinski definition) is 8. The van der Waals surface area contributed by atoms with Crippen molar-refractivity contribution >= 4 is 11.6 Å². The van der Waals surface area contributed by atoms with Gasteiger partial charge in [0.25, 0.3) is 0 Å². The van der Waals surface area contributed by atoms with E-state index >= 15 is 0 Å². The Bertz CT molecular complexity index is 930. The lowest BCUT2D eigenvalue weighted by atomic mass is 9.89. The van der Waals surface area contributed by atoms with Crippen LogP contribution in [0.15, 0.2) is 18.2 Å². The van der Waals surface area contributed by atoms with Crippen molar-refractivity contribution in [3.05, 3.63) is 34.3 Å². The molecule has 0 aliphatic carbocycles. The predicted molar refractivity (Wildman–Crippen MR) is 135 cm³/mol. The maximum absolute atomic E-state index is 14.6. The van der Waals surface area contributed by atoms with Gasteiger partial charge in [-0.3, -0.25) is 15.5 Å². The summed E-state index contributed by atoms with van der Waals surface area (Å²) in [6.45, 7) is 4.87. The van der Waals surface area contributed by atoms with Crippen molar-refractivity contribution in [2.24, 2.45) is 11.7 Å². The summed E-state index contributed by atoms with van der Waals surface area (Å²) in [4.78, 5) is 2.10. The third kappa shape index (κ3) is 4.72. The van der Waals surface area contributed by atoms with E-state index in [1.165, 1.54) is 0 Å². The number of aliphatic hydroxyl groups excluding tert-OH is 2. The third-order valence-electron chi connectivity index (χ3n) is 8.64. The molecule has 1 aromatic carbocycles. The smallest absolute Gasteiger partial charge is 0.149 e. The number of unbranched alkanes of at least 4 members (excludes halogenated alkanes) is 2. The zero-order valence-corrected chi connectivity index (χ0v) is 21.8. The van der Waals surface area contributed by atoms with Crippen LogP contribution >= 0.6 is 11.6 Å². The van der Waals surface area contributed by atoms with Gasteiger partial charge in [0, 0.05) is 17.5 Å². The number of aliphatic hydroxyl groups is 2. The predicted octanol–water partition coefficient (Wildman–Crippen LogP) is 2.68. The highest BCUT2D eigenvalue weighted by molar-refractivity contribution is 6.30. The fourth-order valence-electron chi connectivity index (χ4n) is 6.57. The van der Waals surface area contributed by atoms with Crippen LogP contribution in [0.25, 0.3) is 0 Å². The van der Waals surface area contributed by atoms with Crippen LogP contribution in [0.1, 0.15) is 75.8 Å². The van der Waals surface area contributed by atoms with Crippen molar-refractivity contribution in [1.29, 1.82) is 0 Å². The molecule has 10 atom stereocenters. The summed E-state index contributed by atoms with van der Waals surface area (Å²) >= 11 is 6.10. The number of halogens is 2. The Kier molecular flexibility index (Phi) is 7.95. The number of alkyl halides is 1. The summed E-state index contributed by atoms with van der Waals surface area (Å²) in [7, 11) is 0. The molecule has 202 valence electrons. The number of likely N-dealkylation sites (tertiary alicyclic amines) is 1. The zero-order chi connectivity index (χ0) is 25.6. The number of fused-ring (bicyclic) bond motifs is 2. The lowest BCUT2D eigenvalue weighted by molar-refractivity contribution is -0.151. The number of benzene rings is 1. The topological polar surface area (TPSA) is 112 Å². The number of ether oxygens (including phenoxy) is 2. The van der Waals surface area contributed by atoms with E-state index in [9.17, 15) is 14.6 Å². The largest absolute Gasteiger partial charge is 0.387 e. The standard InChI is InChI=1S/C26H40ClFN4O4/c1-3-5-6-10-26(4-2)30-23(29)16-9-11-32(24(16)31-26)25-20(34)19(33)22(36-25)21-15-8-7-14(27)12-17(15)18(28)13-35-21/h7-8,12,16,18-25,30-31,33-34H,3-6,9-11,13,29H2,1-2H3/t16?,18-,19-,20+,21+,22-,23?,24?,25+,26?/m0/s1. The van der Waals surface area contributed by atoms with E-state index in [-0.39, 0.29) is 30.5 Å². The van der Waals surface area contributed by atoms with Crippen LogP contribution in [-0.2, 0) is 9.47 Å². The van der Waals surface area contributed by atoms with E-state index in [0.29, 0.717) is 22.7 Å². The van der Waals surface area contributed by atoms with Crippen molar-refractivity contribution in [3.8, 4) is 0 Å². The molecule has 3 fully saturated rings. The van der Waals surface area contributed by atoms with Gasteiger partial charge in [-0.1, -0.05) is 50.8 Å². The number of nitrogens with two attached hydrogens (primary N) is 1. The van der Waals surface area contributed by atoms with Crippen LogP contribution in [0.3, 0.4) is 0 Å². The van der Waals surface area contributed by atoms with Gasteiger partial charge in [-0.25, -0.2) is 4.39 Å². The summed E-state index contributed by atoms with van der Waals surface area (Å²) in [5, 5.41) is 30.1. The van der Waals surface area contributed by atoms with Crippen LogP contribution in [0, 0.1) is 5.92 Å². The Labute approximate surface area is 217 Å². The molecule has 0 bridgehead atoms. The summed E-state index contributed by atoms with van der Waals surface area (Å²) in [5.41, 5.74) is 7.37. The Morgan fingerprint density at radius 2 is 2.00 bits per heavy atom. The summed E-state index contributed by atoms with van der Waals surface area (Å²) in [6.07, 6.45) is -0.0993. The Balaban J connectivity index is 1.36. The molecule has 5 rings (SSSR count). The number of nitrogens with one attached hydrogen (secondary N) is 2. The molecule has 8 nitrogen and oxygen atoms in total. The van der Waals surface area contributed by atoms with Crippen molar-refractivity contribution in [1.82, 2.24) is 15.5 Å². The number of rotatable bonds is 7. The molecule has 6 N–H and O–H groups in total. The van der Waals surface area contributed by atoms with E-state index in [4.69, 9.17) is 26.8 Å². The lowest BCUT2D eigenvalue weighted by Crippen LogP contribution is -2.75. The monoisotopic (exact) mass is 526 g/mol. The average molecular weight is 527 g/mol. The van der Waals surface area contributed by atoms with Gasteiger partial charge < -0.3 is 25.4 Å². The second kappa shape index (κ2) is 10.7. The number of nitrogens with zero attached hydrogens (tertiary/aromatic N) is 1. The van der Waals surface area contributed by atoms with Crippen LogP contribution < -0.4 is 16.4 Å². The van der Waals surface area contributed by atoms with Gasteiger partial charge in [0.2, 0.25) is 0 Å². The van der Waals surface area contributed by atoms with Gasteiger partial charge in [0.1, 0.15) is 36.8 Å². The Morgan fingerprint density at radius 1 is 1.19 bits per heavy atom. The Morgan fingerprint density at radius 3 is 2.75 bits per heavy atom. The molecule has 0 radical (unpaired) electrons. The molecular formula is C26H40ClFN4O4. The molecule has 1 aromatic rings. The SMILES string of the molecule is CCCCCC1(CC)NC(N)C2CCN([C@@H]3O[C@H]([C@@H]4OC[C@H](F)c5cc(Cl)ccc54)[C@@H](O)[C@H]3O)C2N1. The van der Waals surface area contributed by atoms with Crippen LogP contribution in [0.4, 0.5) is 4.39 Å². The van der Waals surface area contributed by atoms with Gasteiger partial charge in [-0.2, -0.15) is 0 Å². The second-order valence-electron chi connectivity index (χ2n) is 10.8. The summed E-state index contributed by atoms with van der Waals surface area (Å²) in [5.74, 6) is 0.143.